The average molecular weight is 439 g/mol. The van der Waals surface area contributed by atoms with Crippen LogP contribution in [0.2, 0.25) is 0 Å². The number of benzene rings is 2. The first kappa shape index (κ1) is 23.6. The molecule has 0 fully saturated rings. The molecule has 3 rings (SSSR count). The van der Waals surface area contributed by atoms with Crippen LogP contribution in [-0.4, -0.2) is 37.9 Å². The van der Waals surface area contributed by atoms with Crippen LogP contribution in [0, 0.1) is 0 Å². The van der Waals surface area contributed by atoms with Crippen LogP contribution in [0.5, 0.6) is 23.0 Å². The second-order valence-corrected chi connectivity index (χ2v) is 7.43. The Morgan fingerprint density at radius 2 is 1.25 bits per heavy atom. The first-order chi connectivity index (χ1) is 15.6. The summed E-state index contributed by atoms with van der Waals surface area (Å²) in [5.74, 6) is 3.04. The van der Waals surface area contributed by atoms with Crippen LogP contribution >= 0.6 is 0 Å². The van der Waals surface area contributed by atoms with Crippen molar-refractivity contribution in [3.63, 3.8) is 0 Å². The third kappa shape index (κ3) is 4.90. The standard InChI is InChI=1S/C26H34N2O4/c1-7-19-17(6)27-28-26(18-12-13-22(29-8-2)23(14-18)30-9-3)21-16-25(32-11-5)24(31-10-4)15-20(19)21/h12-16,19H,7-11H2,1-6H3/t19-/m0/s1. The van der Waals surface area contributed by atoms with Crippen LogP contribution in [0.4, 0.5) is 0 Å². The zero-order valence-corrected chi connectivity index (χ0v) is 20.0. The van der Waals surface area contributed by atoms with Crippen molar-refractivity contribution in [2.45, 2.75) is 53.9 Å². The van der Waals surface area contributed by atoms with Gasteiger partial charge in [-0.3, -0.25) is 0 Å². The van der Waals surface area contributed by atoms with Gasteiger partial charge in [-0.2, -0.15) is 5.10 Å². The molecule has 1 atom stereocenters. The Kier molecular flexibility index (Phi) is 8.14. The van der Waals surface area contributed by atoms with E-state index in [1.54, 1.807) is 0 Å². The van der Waals surface area contributed by atoms with E-state index < -0.39 is 0 Å². The second kappa shape index (κ2) is 11.0. The van der Waals surface area contributed by atoms with E-state index in [-0.39, 0.29) is 5.92 Å². The molecule has 0 aromatic heterocycles. The van der Waals surface area contributed by atoms with Gasteiger partial charge in [-0.15, -0.1) is 5.10 Å². The van der Waals surface area contributed by atoms with Gasteiger partial charge in [-0.25, -0.2) is 0 Å². The number of nitrogens with zero attached hydrogens (tertiary/aromatic N) is 2. The Labute approximate surface area is 191 Å². The summed E-state index contributed by atoms with van der Waals surface area (Å²) in [6, 6.07) is 10.0. The Hall–Kier alpha value is -3.02. The summed E-state index contributed by atoms with van der Waals surface area (Å²) in [5, 5.41) is 9.26. The van der Waals surface area contributed by atoms with Gasteiger partial charge >= 0.3 is 0 Å². The van der Waals surface area contributed by atoms with Crippen LogP contribution in [0.1, 0.15) is 70.6 Å². The quantitative estimate of drug-likeness (QED) is 0.456. The van der Waals surface area contributed by atoms with Crippen molar-refractivity contribution in [2.75, 3.05) is 26.4 Å². The van der Waals surface area contributed by atoms with E-state index in [0.717, 1.165) is 46.0 Å². The molecule has 2 aromatic rings. The van der Waals surface area contributed by atoms with Gasteiger partial charge < -0.3 is 18.9 Å². The SMILES string of the molecule is CCOc1ccc(C2=NN=C(C)[C@H](CC)c3cc(OCC)c(OCC)cc32)cc1OCC. The van der Waals surface area contributed by atoms with E-state index in [4.69, 9.17) is 18.9 Å². The summed E-state index contributed by atoms with van der Waals surface area (Å²) < 4.78 is 23.4. The lowest BCUT2D eigenvalue weighted by Crippen LogP contribution is -2.13. The molecule has 0 saturated heterocycles. The number of hydrogen-bond donors (Lipinski definition) is 0. The summed E-state index contributed by atoms with van der Waals surface area (Å²) in [7, 11) is 0. The maximum Gasteiger partial charge on any atom is 0.161 e. The van der Waals surface area contributed by atoms with E-state index >= 15 is 0 Å². The molecule has 0 spiro atoms. The number of fused-ring (bicyclic) bond motifs is 1. The summed E-state index contributed by atoms with van der Waals surface area (Å²) in [4.78, 5) is 0. The molecular weight excluding hydrogens is 404 g/mol. The Morgan fingerprint density at radius 1 is 0.688 bits per heavy atom. The molecule has 0 N–H and O–H groups in total. The highest BCUT2D eigenvalue weighted by Gasteiger charge is 2.26. The molecule has 0 aliphatic carbocycles. The molecule has 1 heterocycles. The Bertz CT molecular complexity index is 998. The summed E-state index contributed by atoms with van der Waals surface area (Å²) >= 11 is 0. The van der Waals surface area contributed by atoms with Crippen LogP contribution in [0.15, 0.2) is 40.5 Å². The van der Waals surface area contributed by atoms with Gasteiger partial charge in [-0.05, 0) is 76.9 Å². The summed E-state index contributed by atoms with van der Waals surface area (Å²) in [6.45, 7) is 14.3. The highest BCUT2D eigenvalue weighted by Crippen LogP contribution is 2.39. The second-order valence-electron chi connectivity index (χ2n) is 7.43. The number of rotatable bonds is 10. The predicted octanol–water partition coefficient (Wildman–Crippen LogP) is 6.00. The molecule has 0 amide bonds. The number of ether oxygens (including phenoxy) is 4. The van der Waals surface area contributed by atoms with Gasteiger partial charge in [0.2, 0.25) is 0 Å². The van der Waals surface area contributed by atoms with Crippen molar-refractivity contribution in [3.8, 4) is 23.0 Å². The van der Waals surface area contributed by atoms with E-state index in [1.165, 1.54) is 0 Å². The first-order valence-electron chi connectivity index (χ1n) is 11.5. The van der Waals surface area contributed by atoms with Gasteiger partial charge in [0.05, 0.1) is 26.4 Å². The van der Waals surface area contributed by atoms with Crippen molar-refractivity contribution in [2.24, 2.45) is 10.2 Å². The van der Waals surface area contributed by atoms with E-state index in [2.05, 4.69) is 23.2 Å². The highest BCUT2D eigenvalue weighted by molar-refractivity contribution is 6.16. The molecule has 6 heteroatoms. The molecule has 0 unspecified atom stereocenters. The molecule has 172 valence electrons. The largest absolute Gasteiger partial charge is 0.490 e. The van der Waals surface area contributed by atoms with Crippen molar-refractivity contribution in [1.82, 2.24) is 0 Å². The monoisotopic (exact) mass is 438 g/mol. The molecular formula is C26H34N2O4. The van der Waals surface area contributed by atoms with Crippen molar-refractivity contribution in [1.29, 1.82) is 0 Å². The zero-order chi connectivity index (χ0) is 23.1. The topological polar surface area (TPSA) is 61.6 Å². The van der Waals surface area contributed by atoms with Gasteiger partial charge in [0.25, 0.3) is 0 Å². The lowest BCUT2D eigenvalue weighted by molar-refractivity contribution is 0.287. The van der Waals surface area contributed by atoms with Crippen LogP contribution in [-0.2, 0) is 0 Å². The fraction of sp³-hybridized carbons (Fsp3) is 0.462. The Balaban J connectivity index is 2.21. The molecule has 32 heavy (non-hydrogen) atoms. The molecule has 6 nitrogen and oxygen atoms in total. The highest BCUT2D eigenvalue weighted by atomic mass is 16.5. The van der Waals surface area contributed by atoms with Crippen LogP contribution < -0.4 is 18.9 Å². The average Bonchev–Trinajstić information content (AvgIpc) is 2.91. The smallest absolute Gasteiger partial charge is 0.161 e. The first-order valence-corrected chi connectivity index (χ1v) is 11.5. The summed E-state index contributed by atoms with van der Waals surface area (Å²) in [5.41, 5.74) is 4.81. The maximum absolute atomic E-state index is 5.93. The van der Waals surface area contributed by atoms with Crippen LogP contribution in [0.3, 0.4) is 0 Å². The molecule has 1 aliphatic rings. The maximum atomic E-state index is 5.93. The van der Waals surface area contributed by atoms with Gasteiger partial charge in [0.1, 0.15) is 5.71 Å². The molecule has 0 radical (unpaired) electrons. The summed E-state index contributed by atoms with van der Waals surface area (Å²) in [6.07, 6.45) is 0.915. The lowest BCUT2D eigenvalue weighted by atomic mass is 9.85. The molecule has 0 bridgehead atoms. The molecule has 2 aromatic carbocycles. The minimum absolute atomic E-state index is 0.148. The van der Waals surface area contributed by atoms with E-state index in [1.807, 2.05) is 58.9 Å². The van der Waals surface area contributed by atoms with Gasteiger partial charge in [0, 0.05) is 22.8 Å². The third-order valence-corrected chi connectivity index (χ3v) is 5.38. The van der Waals surface area contributed by atoms with Gasteiger partial charge in [-0.1, -0.05) is 6.92 Å². The fourth-order valence-electron chi connectivity index (χ4n) is 4.01. The van der Waals surface area contributed by atoms with E-state index in [9.17, 15) is 0 Å². The Morgan fingerprint density at radius 3 is 1.84 bits per heavy atom. The minimum atomic E-state index is 0.148. The fourth-order valence-corrected chi connectivity index (χ4v) is 4.01. The van der Waals surface area contributed by atoms with Crippen molar-refractivity contribution < 1.29 is 18.9 Å². The normalized spacial score (nSPS) is 15.2. The van der Waals surface area contributed by atoms with Crippen molar-refractivity contribution in [3.05, 3.63) is 47.0 Å². The third-order valence-electron chi connectivity index (χ3n) is 5.38. The lowest BCUT2D eigenvalue weighted by Gasteiger charge is -2.21. The number of hydrogen-bond acceptors (Lipinski definition) is 6. The van der Waals surface area contributed by atoms with Gasteiger partial charge in [0.15, 0.2) is 23.0 Å². The molecule has 1 aliphatic heterocycles. The van der Waals surface area contributed by atoms with E-state index in [0.29, 0.717) is 37.9 Å². The molecule has 0 saturated carbocycles. The zero-order valence-electron chi connectivity index (χ0n) is 20.0. The van der Waals surface area contributed by atoms with Crippen molar-refractivity contribution >= 4 is 11.4 Å². The minimum Gasteiger partial charge on any atom is -0.490 e. The van der Waals surface area contributed by atoms with Crippen LogP contribution in [0.25, 0.3) is 0 Å². The predicted molar refractivity (Wildman–Crippen MR) is 129 cm³/mol.